The largest absolute Gasteiger partial charge is 0.390 e. The zero-order chi connectivity index (χ0) is 13.3. The highest BCUT2D eigenvalue weighted by molar-refractivity contribution is 4.91. The predicted molar refractivity (Wildman–Crippen MR) is 78.8 cm³/mol. The summed E-state index contributed by atoms with van der Waals surface area (Å²) in [5.74, 6) is 0.464. The molecule has 1 aliphatic heterocycles. The SMILES string of the molecule is CCCCCCCCCC1(O)CCNCC1CC. The summed E-state index contributed by atoms with van der Waals surface area (Å²) in [5, 5.41) is 14.1. The number of unbranched alkanes of at least 4 members (excludes halogenated alkanes) is 6. The second kappa shape index (κ2) is 8.92. The molecule has 0 saturated carbocycles. The second-order valence-electron chi connectivity index (χ2n) is 6.03. The van der Waals surface area contributed by atoms with Crippen LogP contribution in [0.25, 0.3) is 0 Å². The van der Waals surface area contributed by atoms with Gasteiger partial charge in [-0.05, 0) is 31.7 Å². The molecule has 2 N–H and O–H groups in total. The fraction of sp³-hybridized carbons (Fsp3) is 1.00. The highest BCUT2D eigenvalue weighted by Crippen LogP contribution is 2.32. The summed E-state index contributed by atoms with van der Waals surface area (Å²) in [4.78, 5) is 0. The molecule has 108 valence electrons. The first kappa shape index (κ1) is 16.0. The molecular formula is C16H33NO. The van der Waals surface area contributed by atoms with Crippen molar-refractivity contribution in [3.63, 3.8) is 0 Å². The molecule has 0 amide bonds. The number of nitrogens with one attached hydrogen (secondary N) is 1. The molecule has 18 heavy (non-hydrogen) atoms. The molecule has 2 unspecified atom stereocenters. The molecular weight excluding hydrogens is 222 g/mol. The van der Waals surface area contributed by atoms with Crippen LogP contribution in [-0.2, 0) is 0 Å². The fourth-order valence-corrected chi connectivity index (χ4v) is 3.22. The summed E-state index contributed by atoms with van der Waals surface area (Å²) in [6.45, 7) is 6.46. The molecule has 1 saturated heterocycles. The van der Waals surface area contributed by atoms with Crippen LogP contribution in [0.1, 0.15) is 78.1 Å². The van der Waals surface area contributed by atoms with Crippen molar-refractivity contribution in [2.24, 2.45) is 5.92 Å². The Labute approximate surface area is 114 Å². The van der Waals surface area contributed by atoms with Gasteiger partial charge in [-0.3, -0.25) is 0 Å². The molecule has 1 rings (SSSR count). The average Bonchev–Trinajstić information content (AvgIpc) is 2.38. The molecule has 0 aromatic rings. The van der Waals surface area contributed by atoms with Crippen LogP contribution >= 0.6 is 0 Å². The summed E-state index contributed by atoms with van der Waals surface area (Å²) in [7, 11) is 0. The molecule has 0 bridgehead atoms. The van der Waals surface area contributed by atoms with E-state index in [0.29, 0.717) is 5.92 Å². The van der Waals surface area contributed by atoms with Gasteiger partial charge in [0.25, 0.3) is 0 Å². The molecule has 2 atom stereocenters. The van der Waals surface area contributed by atoms with Crippen LogP contribution < -0.4 is 5.32 Å². The van der Waals surface area contributed by atoms with Crippen molar-refractivity contribution in [2.45, 2.75) is 83.7 Å². The number of hydrogen-bond donors (Lipinski definition) is 2. The van der Waals surface area contributed by atoms with Gasteiger partial charge in [-0.2, -0.15) is 0 Å². The third kappa shape index (κ3) is 5.27. The van der Waals surface area contributed by atoms with Crippen molar-refractivity contribution in [1.82, 2.24) is 5.32 Å². The Morgan fingerprint density at radius 3 is 2.39 bits per heavy atom. The van der Waals surface area contributed by atoms with Gasteiger partial charge in [-0.25, -0.2) is 0 Å². The monoisotopic (exact) mass is 255 g/mol. The van der Waals surface area contributed by atoms with Crippen LogP contribution in [-0.4, -0.2) is 23.8 Å². The van der Waals surface area contributed by atoms with Crippen molar-refractivity contribution in [1.29, 1.82) is 0 Å². The topological polar surface area (TPSA) is 32.3 Å². The van der Waals surface area contributed by atoms with E-state index in [1.165, 1.54) is 44.9 Å². The van der Waals surface area contributed by atoms with Gasteiger partial charge in [0, 0.05) is 6.54 Å². The first-order valence-electron chi connectivity index (χ1n) is 8.16. The van der Waals surface area contributed by atoms with E-state index in [4.69, 9.17) is 0 Å². The van der Waals surface area contributed by atoms with E-state index in [1.807, 2.05) is 0 Å². The van der Waals surface area contributed by atoms with E-state index in [9.17, 15) is 5.11 Å². The molecule has 1 aliphatic rings. The first-order chi connectivity index (χ1) is 8.73. The van der Waals surface area contributed by atoms with Crippen molar-refractivity contribution in [3.05, 3.63) is 0 Å². The van der Waals surface area contributed by atoms with E-state index < -0.39 is 0 Å². The van der Waals surface area contributed by atoms with Crippen molar-refractivity contribution >= 4 is 0 Å². The van der Waals surface area contributed by atoms with E-state index in [0.717, 1.165) is 32.4 Å². The molecule has 0 radical (unpaired) electrons. The van der Waals surface area contributed by atoms with Gasteiger partial charge < -0.3 is 10.4 Å². The van der Waals surface area contributed by atoms with E-state index >= 15 is 0 Å². The maximum absolute atomic E-state index is 10.7. The van der Waals surface area contributed by atoms with E-state index in [1.54, 1.807) is 0 Å². The Kier molecular flexibility index (Phi) is 7.92. The van der Waals surface area contributed by atoms with Gasteiger partial charge in [0.15, 0.2) is 0 Å². The van der Waals surface area contributed by atoms with Crippen LogP contribution in [0, 0.1) is 5.92 Å². The number of rotatable bonds is 9. The summed E-state index contributed by atoms with van der Waals surface area (Å²) in [6, 6.07) is 0. The van der Waals surface area contributed by atoms with Crippen LogP contribution in [0.2, 0.25) is 0 Å². The Hall–Kier alpha value is -0.0800. The third-order valence-corrected chi connectivity index (χ3v) is 4.59. The molecule has 0 spiro atoms. The number of hydrogen-bond acceptors (Lipinski definition) is 2. The van der Waals surface area contributed by atoms with E-state index in [-0.39, 0.29) is 5.60 Å². The Balaban J connectivity index is 2.12. The lowest BCUT2D eigenvalue weighted by Gasteiger charge is -2.40. The number of piperidine rings is 1. The molecule has 0 aromatic carbocycles. The molecule has 2 nitrogen and oxygen atoms in total. The van der Waals surface area contributed by atoms with Crippen molar-refractivity contribution < 1.29 is 5.11 Å². The number of aliphatic hydroxyl groups is 1. The van der Waals surface area contributed by atoms with Crippen LogP contribution in [0.4, 0.5) is 0 Å². The van der Waals surface area contributed by atoms with Crippen molar-refractivity contribution in [2.75, 3.05) is 13.1 Å². The summed E-state index contributed by atoms with van der Waals surface area (Å²) in [6.07, 6.45) is 12.4. The Morgan fingerprint density at radius 1 is 1.06 bits per heavy atom. The fourth-order valence-electron chi connectivity index (χ4n) is 3.22. The molecule has 0 aliphatic carbocycles. The predicted octanol–water partition coefficient (Wildman–Crippen LogP) is 3.88. The second-order valence-corrected chi connectivity index (χ2v) is 6.03. The van der Waals surface area contributed by atoms with Crippen molar-refractivity contribution in [3.8, 4) is 0 Å². The average molecular weight is 255 g/mol. The van der Waals surface area contributed by atoms with Crippen LogP contribution in [0.5, 0.6) is 0 Å². The van der Waals surface area contributed by atoms with Gasteiger partial charge in [-0.1, -0.05) is 58.8 Å². The van der Waals surface area contributed by atoms with Gasteiger partial charge in [0.05, 0.1) is 5.60 Å². The van der Waals surface area contributed by atoms with Gasteiger partial charge in [0.1, 0.15) is 0 Å². The first-order valence-corrected chi connectivity index (χ1v) is 8.16. The standard InChI is InChI=1S/C16H33NO/c1-3-5-6-7-8-9-10-11-16(18)12-13-17-14-15(16)4-2/h15,17-18H,3-14H2,1-2H3. The minimum Gasteiger partial charge on any atom is -0.390 e. The highest BCUT2D eigenvalue weighted by Gasteiger charge is 2.36. The molecule has 1 fully saturated rings. The third-order valence-electron chi connectivity index (χ3n) is 4.59. The lowest BCUT2D eigenvalue weighted by molar-refractivity contribution is -0.0504. The quantitative estimate of drug-likeness (QED) is 0.613. The van der Waals surface area contributed by atoms with Crippen LogP contribution in [0.15, 0.2) is 0 Å². The zero-order valence-corrected chi connectivity index (χ0v) is 12.5. The smallest absolute Gasteiger partial charge is 0.0699 e. The lowest BCUT2D eigenvalue weighted by atomic mass is 9.77. The zero-order valence-electron chi connectivity index (χ0n) is 12.5. The normalized spacial score (nSPS) is 28.5. The van der Waals surface area contributed by atoms with E-state index in [2.05, 4.69) is 19.2 Å². The minimum atomic E-state index is -0.372. The van der Waals surface area contributed by atoms with Gasteiger partial charge in [0.2, 0.25) is 0 Å². The Morgan fingerprint density at radius 2 is 1.72 bits per heavy atom. The maximum Gasteiger partial charge on any atom is 0.0699 e. The summed E-state index contributed by atoms with van der Waals surface area (Å²) >= 11 is 0. The lowest BCUT2D eigenvalue weighted by Crippen LogP contribution is -2.49. The minimum absolute atomic E-state index is 0.372. The molecule has 0 aromatic heterocycles. The summed E-state index contributed by atoms with van der Waals surface area (Å²) < 4.78 is 0. The molecule has 1 heterocycles. The van der Waals surface area contributed by atoms with Gasteiger partial charge in [-0.15, -0.1) is 0 Å². The summed E-state index contributed by atoms with van der Waals surface area (Å²) in [5.41, 5.74) is -0.372. The van der Waals surface area contributed by atoms with Gasteiger partial charge >= 0.3 is 0 Å². The highest BCUT2D eigenvalue weighted by atomic mass is 16.3. The Bertz CT molecular complexity index is 207. The molecule has 2 heteroatoms. The maximum atomic E-state index is 10.7. The van der Waals surface area contributed by atoms with Crippen LogP contribution in [0.3, 0.4) is 0 Å².